The summed E-state index contributed by atoms with van der Waals surface area (Å²) in [5, 5.41) is 0. The van der Waals surface area contributed by atoms with Crippen molar-refractivity contribution in [3.05, 3.63) is 0 Å². The van der Waals surface area contributed by atoms with Gasteiger partial charge in [-0.2, -0.15) is 12.6 Å². The maximum atomic E-state index is 4.45. The van der Waals surface area contributed by atoms with Crippen LogP contribution in [-0.4, -0.2) is 29.8 Å². The van der Waals surface area contributed by atoms with Crippen molar-refractivity contribution in [3.8, 4) is 0 Å². The van der Waals surface area contributed by atoms with Crippen molar-refractivity contribution >= 4 is 12.6 Å². The summed E-state index contributed by atoms with van der Waals surface area (Å²) in [4.78, 5) is 2.76. The van der Waals surface area contributed by atoms with Crippen molar-refractivity contribution in [2.75, 3.05) is 18.8 Å². The van der Waals surface area contributed by atoms with Crippen LogP contribution in [-0.2, 0) is 0 Å². The van der Waals surface area contributed by atoms with Gasteiger partial charge in [0.05, 0.1) is 0 Å². The highest BCUT2D eigenvalue weighted by atomic mass is 32.1. The number of thiol groups is 1. The van der Waals surface area contributed by atoms with Gasteiger partial charge in [0.2, 0.25) is 0 Å². The molecule has 0 unspecified atom stereocenters. The lowest BCUT2D eigenvalue weighted by molar-refractivity contribution is 0.250. The summed E-state index contributed by atoms with van der Waals surface area (Å²) in [5.74, 6) is 2.04. The molecule has 3 rings (SSSR count). The lowest BCUT2D eigenvalue weighted by Crippen LogP contribution is -2.27. The van der Waals surface area contributed by atoms with Crippen LogP contribution in [0.4, 0.5) is 0 Å². The van der Waals surface area contributed by atoms with Gasteiger partial charge in [0.15, 0.2) is 0 Å². The van der Waals surface area contributed by atoms with Crippen LogP contribution in [0, 0.1) is 11.3 Å². The first-order chi connectivity index (χ1) is 6.81. The van der Waals surface area contributed by atoms with E-state index in [1.165, 1.54) is 51.6 Å². The van der Waals surface area contributed by atoms with Gasteiger partial charge in [-0.3, -0.25) is 4.90 Å². The van der Waals surface area contributed by atoms with Crippen LogP contribution in [0.5, 0.6) is 0 Å². The first-order valence-corrected chi connectivity index (χ1v) is 6.79. The molecule has 0 aromatic heterocycles. The van der Waals surface area contributed by atoms with Gasteiger partial charge in [0.25, 0.3) is 0 Å². The molecule has 0 bridgehead atoms. The monoisotopic (exact) mass is 211 g/mol. The average Bonchev–Trinajstić information content (AvgIpc) is 2.87. The van der Waals surface area contributed by atoms with E-state index in [1.807, 2.05) is 0 Å². The quantitative estimate of drug-likeness (QED) is 0.687. The Hall–Kier alpha value is 0.310. The van der Waals surface area contributed by atoms with Crippen LogP contribution in [0.15, 0.2) is 0 Å². The maximum absolute atomic E-state index is 4.45. The van der Waals surface area contributed by atoms with E-state index in [4.69, 9.17) is 0 Å². The molecule has 2 aliphatic carbocycles. The van der Waals surface area contributed by atoms with E-state index < -0.39 is 0 Å². The minimum Gasteiger partial charge on any atom is -0.300 e. The molecule has 2 atom stereocenters. The molecule has 14 heavy (non-hydrogen) atoms. The first-order valence-electron chi connectivity index (χ1n) is 6.16. The van der Waals surface area contributed by atoms with Crippen molar-refractivity contribution in [3.63, 3.8) is 0 Å². The van der Waals surface area contributed by atoms with Crippen LogP contribution in [0.3, 0.4) is 0 Å². The molecule has 1 spiro atoms. The zero-order valence-electron chi connectivity index (χ0n) is 8.91. The molecule has 80 valence electrons. The van der Waals surface area contributed by atoms with E-state index in [0.717, 1.165) is 23.1 Å². The molecule has 0 aromatic carbocycles. The van der Waals surface area contributed by atoms with E-state index >= 15 is 0 Å². The summed E-state index contributed by atoms with van der Waals surface area (Å²) in [6, 6.07) is 0.990. The Balaban J connectivity index is 1.63. The van der Waals surface area contributed by atoms with E-state index in [9.17, 15) is 0 Å². The molecule has 0 N–H and O–H groups in total. The van der Waals surface area contributed by atoms with Crippen molar-refractivity contribution in [2.45, 2.75) is 44.6 Å². The van der Waals surface area contributed by atoms with E-state index in [0.29, 0.717) is 0 Å². The average molecular weight is 211 g/mol. The fourth-order valence-electron chi connectivity index (χ4n) is 3.57. The third-order valence-corrected chi connectivity index (χ3v) is 5.11. The minimum atomic E-state index is 0.732. The predicted octanol–water partition coefficient (Wildman–Crippen LogP) is 2.57. The fraction of sp³-hybridized carbons (Fsp3) is 1.00. The Morgan fingerprint density at radius 3 is 2.71 bits per heavy atom. The second-order valence-corrected chi connectivity index (χ2v) is 6.11. The van der Waals surface area contributed by atoms with Gasteiger partial charge >= 0.3 is 0 Å². The van der Waals surface area contributed by atoms with Crippen molar-refractivity contribution in [2.24, 2.45) is 11.3 Å². The first kappa shape index (κ1) is 9.53. The smallest absolute Gasteiger partial charge is 0.00966 e. The van der Waals surface area contributed by atoms with Crippen LogP contribution in [0.25, 0.3) is 0 Å². The zero-order chi connectivity index (χ0) is 9.60. The van der Waals surface area contributed by atoms with E-state index in [1.54, 1.807) is 0 Å². The molecule has 0 amide bonds. The number of hydrogen-bond donors (Lipinski definition) is 1. The third kappa shape index (κ3) is 1.61. The molecular formula is C12H21NS. The fourth-order valence-corrected chi connectivity index (χ4v) is 3.89. The molecule has 2 heteroatoms. The Bertz CT molecular complexity index is 226. The highest BCUT2D eigenvalue weighted by Gasteiger charge is 2.46. The molecule has 1 nitrogen and oxygen atoms in total. The Morgan fingerprint density at radius 1 is 1.21 bits per heavy atom. The topological polar surface area (TPSA) is 3.24 Å². The summed E-state index contributed by atoms with van der Waals surface area (Å²) in [7, 11) is 0. The van der Waals surface area contributed by atoms with Gasteiger partial charge < -0.3 is 0 Å². The molecule has 0 aromatic rings. The zero-order valence-corrected chi connectivity index (χ0v) is 9.81. The van der Waals surface area contributed by atoms with Crippen LogP contribution >= 0.6 is 12.6 Å². The molecule has 1 saturated heterocycles. The van der Waals surface area contributed by atoms with Crippen molar-refractivity contribution < 1.29 is 0 Å². The van der Waals surface area contributed by atoms with Gasteiger partial charge in [0.1, 0.15) is 0 Å². The number of hydrogen-bond acceptors (Lipinski definition) is 2. The summed E-state index contributed by atoms with van der Waals surface area (Å²) in [6.07, 6.45) is 8.84. The molecule has 2 saturated carbocycles. The Morgan fingerprint density at radius 2 is 2.07 bits per heavy atom. The normalized spacial score (nSPS) is 43.9. The molecule has 3 fully saturated rings. The molecule has 3 aliphatic rings. The van der Waals surface area contributed by atoms with E-state index in [2.05, 4.69) is 17.5 Å². The number of likely N-dealkylation sites (tertiary alicyclic amines) is 1. The van der Waals surface area contributed by atoms with Gasteiger partial charge in [-0.25, -0.2) is 0 Å². The molecular weight excluding hydrogens is 190 g/mol. The van der Waals surface area contributed by atoms with E-state index in [-0.39, 0.29) is 0 Å². The second kappa shape index (κ2) is 3.41. The predicted molar refractivity (Wildman–Crippen MR) is 62.8 cm³/mol. The van der Waals surface area contributed by atoms with Gasteiger partial charge in [-0.1, -0.05) is 0 Å². The Kier molecular flexibility index (Phi) is 2.32. The summed E-state index contributed by atoms with van der Waals surface area (Å²) < 4.78 is 0. The Labute approximate surface area is 92.7 Å². The summed E-state index contributed by atoms with van der Waals surface area (Å²) >= 11 is 4.45. The summed E-state index contributed by atoms with van der Waals surface area (Å²) in [6.45, 7) is 2.81. The standard InChI is InChI=1S/C12H21NS/c14-8-10-3-4-12(7-10)5-6-13(9-12)11-1-2-11/h10-11,14H,1-9H2/t10-,12+/m1/s1. The summed E-state index contributed by atoms with van der Waals surface area (Å²) in [5.41, 5.74) is 0.732. The molecule has 1 aliphatic heterocycles. The number of nitrogens with zero attached hydrogens (tertiary/aromatic N) is 1. The van der Waals surface area contributed by atoms with Crippen molar-refractivity contribution in [1.82, 2.24) is 4.90 Å². The third-order valence-electron chi connectivity index (χ3n) is 4.59. The second-order valence-electron chi connectivity index (χ2n) is 5.74. The molecule has 1 heterocycles. The highest BCUT2D eigenvalue weighted by Crippen LogP contribution is 2.50. The largest absolute Gasteiger partial charge is 0.300 e. The molecule has 0 radical (unpaired) electrons. The van der Waals surface area contributed by atoms with Crippen molar-refractivity contribution in [1.29, 1.82) is 0 Å². The van der Waals surface area contributed by atoms with Gasteiger partial charge in [0, 0.05) is 12.6 Å². The lowest BCUT2D eigenvalue weighted by Gasteiger charge is -2.24. The van der Waals surface area contributed by atoms with Gasteiger partial charge in [-0.05, 0) is 62.2 Å². The van der Waals surface area contributed by atoms with Gasteiger partial charge in [-0.15, -0.1) is 0 Å². The SMILES string of the molecule is SC[C@@H]1CC[C@]2(CCN(C3CC3)C2)C1. The van der Waals surface area contributed by atoms with Crippen LogP contribution in [0.2, 0.25) is 0 Å². The highest BCUT2D eigenvalue weighted by molar-refractivity contribution is 7.80. The van der Waals surface area contributed by atoms with Crippen LogP contribution in [0.1, 0.15) is 38.5 Å². The maximum Gasteiger partial charge on any atom is 0.00966 e. The lowest BCUT2D eigenvalue weighted by atomic mass is 9.85. The number of rotatable bonds is 2. The minimum absolute atomic E-state index is 0.732. The van der Waals surface area contributed by atoms with Crippen LogP contribution < -0.4 is 0 Å².